The number of amides is 1. The van der Waals surface area contributed by atoms with Crippen LogP contribution < -0.4 is 5.32 Å². The van der Waals surface area contributed by atoms with Gasteiger partial charge in [0.2, 0.25) is 11.7 Å². The van der Waals surface area contributed by atoms with Crippen molar-refractivity contribution in [3.8, 4) is 0 Å². The zero-order valence-electron chi connectivity index (χ0n) is 9.74. The van der Waals surface area contributed by atoms with E-state index in [2.05, 4.69) is 5.32 Å². The van der Waals surface area contributed by atoms with Gasteiger partial charge in [0.1, 0.15) is 10.1 Å². The molecular weight excluding hydrogens is 293 g/mol. The van der Waals surface area contributed by atoms with Crippen molar-refractivity contribution in [2.75, 3.05) is 5.32 Å². The first kappa shape index (κ1) is 15.2. The lowest BCUT2D eigenvalue weighted by molar-refractivity contribution is -0.131. The molecule has 0 fully saturated rings. The number of nitrogens with one attached hydrogen (secondary N) is 1. The molecule has 100 valence electrons. The van der Waals surface area contributed by atoms with E-state index < -0.39 is 21.8 Å². The smallest absolute Gasteiger partial charge is 0.349 e. The number of allylic oxidation sites excluding steroid dienone is 1. The Morgan fingerprint density at radius 2 is 1.58 bits per heavy atom. The number of carboxylic acid groups (broad SMARTS) is 1. The SMILES string of the molecule is CC(=O)Nc1ccc(C(=O)C(Cl)=C(Cl)C(=O)O)cc1. The van der Waals surface area contributed by atoms with Gasteiger partial charge in [-0.2, -0.15) is 0 Å². The number of aliphatic carboxylic acids is 1. The summed E-state index contributed by atoms with van der Waals surface area (Å²) in [5, 5.41) is 9.84. The number of halogens is 2. The van der Waals surface area contributed by atoms with Crippen LogP contribution in [-0.2, 0) is 9.59 Å². The van der Waals surface area contributed by atoms with Gasteiger partial charge < -0.3 is 10.4 Å². The summed E-state index contributed by atoms with van der Waals surface area (Å²) in [7, 11) is 0. The molecule has 0 heterocycles. The van der Waals surface area contributed by atoms with Gasteiger partial charge in [0.15, 0.2) is 0 Å². The predicted octanol–water partition coefficient (Wildman–Crippen LogP) is 2.60. The Kier molecular flexibility index (Phi) is 5.09. The van der Waals surface area contributed by atoms with Gasteiger partial charge in [0, 0.05) is 18.2 Å². The van der Waals surface area contributed by atoms with Crippen molar-refractivity contribution in [1.29, 1.82) is 0 Å². The zero-order valence-corrected chi connectivity index (χ0v) is 11.2. The van der Waals surface area contributed by atoms with Crippen LogP contribution in [0, 0.1) is 0 Å². The van der Waals surface area contributed by atoms with E-state index >= 15 is 0 Å². The molecule has 0 spiro atoms. The predicted molar refractivity (Wildman–Crippen MR) is 71.4 cm³/mol. The molecule has 7 heteroatoms. The van der Waals surface area contributed by atoms with Crippen LogP contribution in [0.3, 0.4) is 0 Å². The topological polar surface area (TPSA) is 83.5 Å². The number of rotatable bonds is 4. The van der Waals surface area contributed by atoms with Crippen LogP contribution in [0.2, 0.25) is 0 Å². The highest BCUT2D eigenvalue weighted by molar-refractivity contribution is 6.54. The number of ketones is 1. The highest BCUT2D eigenvalue weighted by atomic mass is 35.5. The number of anilines is 1. The minimum atomic E-state index is -1.48. The molecule has 5 nitrogen and oxygen atoms in total. The van der Waals surface area contributed by atoms with Crippen molar-refractivity contribution in [3.63, 3.8) is 0 Å². The van der Waals surface area contributed by atoms with Crippen LogP contribution in [0.1, 0.15) is 17.3 Å². The largest absolute Gasteiger partial charge is 0.477 e. The van der Waals surface area contributed by atoms with Gasteiger partial charge in [-0.05, 0) is 24.3 Å². The third-order valence-electron chi connectivity index (χ3n) is 2.05. The van der Waals surface area contributed by atoms with Crippen LogP contribution in [0.15, 0.2) is 34.3 Å². The summed E-state index contributed by atoms with van der Waals surface area (Å²) < 4.78 is 0. The number of benzene rings is 1. The number of Topliss-reactive ketones (excluding diaryl/α,β-unsaturated/α-hetero) is 1. The molecule has 0 atom stereocenters. The first-order valence-electron chi connectivity index (χ1n) is 5.04. The first-order chi connectivity index (χ1) is 8.82. The van der Waals surface area contributed by atoms with Gasteiger partial charge >= 0.3 is 5.97 Å². The third-order valence-corrected chi connectivity index (χ3v) is 2.86. The quantitative estimate of drug-likeness (QED) is 0.661. The molecule has 0 saturated carbocycles. The van der Waals surface area contributed by atoms with Crippen molar-refractivity contribution in [2.45, 2.75) is 6.92 Å². The summed E-state index contributed by atoms with van der Waals surface area (Å²) in [5.74, 6) is -2.43. The maximum Gasteiger partial charge on any atom is 0.349 e. The highest BCUT2D eigenvalue weighted by Crippen LogP contribution is 2.20. The zero-order chi connectivity index (χ0) is 14.6. The van der Waals surface area contributed by atoms with E-state index in [1.54, 1.807) is 0 Å². The molecule has 0 aliphatic heterocycles. The summed E-state index contributed by atoms with van der Waals surface area (Å²) >= 11 is 11.0. The molecule has 0 aliphatic carbocycles. The maximum absolute atomic E-state index is 11.8. The standard InChI is InChI=1S/C12H9Cl2NO4/c1-6(16)15-8-4-2-7(3-5-8)11(17)9(13)10(14)12(18)19/h2-5H,1H3,(H,15,16)(H,18,19). The molecule has 19 heavy (non-hydrogen) atoms. The van der Waals surface area contributed by atoms with E-state index in [4.69, 9.17) is 28.3 Å². The Labute approximate surface area is 118 Å². The summed E-state index contributed by atoms with van der Waals surface area (Å²) in [4.78, 5) is 33.2. The Bertz CT molecular complexity index is 564. The molecule has 1 aromatic rings. The Morgan fingerprint density at radius 3 is 2.00 bits per heavy atom. The lowest BCUT2D eigenvalue weighted by atomic mass is 10.1. The molecule has 1 rings (SSSR count). The molecule has 2 N–H and O–H groups in total. The minimum absolute atomic E-state index is 0.165. The molecule has 1 amide bonds. The first-order valence-corrected chi connectivity index (χ1v) is 5.79. The van der Waals surface area contributed by atoms with Crippen molar-refractivity contribution in [3.05, 3.63) is 39.9 Å². The fourth-order valence-corrected chi connectivity index (χ4v) is 1.50. The van der Waals surface area contributed by atoms with Crippen molar-refractivity contribution >= 4 is 46.5 Å². The fourth-order valence-electron chi connectivity index (χ4n) is 1.23. The average molecular weight is 302 g/mol. The van der Waals surface area contributed by atoms with Crippen LogP contribution in [0.5, 0.6) is 0 Å². The summed E-state index contributed by atoms with van der Waals surface area (Å²) in [6.07, 6.45) is 0. The second-order valence-electron chi connectivity index (χ2n) is 3.52. The van der Waals surface area contributed by atoms with E-state index in [9.17, 15) is 14.4 Å². The van der Waals surface area contributed by atoms with E-state index in [0.29, 0.717) is 5.69 Å². The van der Waals surface area contributed by atoms with Gasteiger partial charge in [0.05, 0.1) is 0 Å². The van der Waals surface area contributed by atoms with E-state index in [1.165, 1.54) is 31.2 Å². The van der Waals surface area contributed by atoms with Gasteiger partial charge in [-0.3, -0.25) is 9.59 Å². The van der Waals surface area contributed by atoms with E-state index in [0.717, 1.165) is 0 Å². The second kappa shape index (κ2) is 6.36. The van der Waals surface area contributed by atoms with Gasteiger partial charge in [-0.15, -0.1) is 0 Å². The number of carbonyl (C=O) groups is 3. The van der Waals surface area contributed by atoms with Gasteiger partial charge in [-0.25, -0.2) is 4.79 Å². The van der Waals surface area contributed by atoms with Crippen molar-refractivity contribution in [2.24, 2.45) is 0 Å². The normalized spacial score (nSPS) is 11.5. The number of carbonyl (C=O) groups excluding carboxylic acids is 2. The number of hydrogen-bond acceptors (Lipinski definition) is 3. The van der Waals surface area contributed by atoms with Crippen molar-refractivity contribution < 1.29 is 19.5 Å². The molecule has 0 saturated heterocycles. The van der Waals surface area contributed by atoms with E-state index in [1.807, 2.05) is 0 Å². The fraction of sp³-hybridized carbons (Fsp3) is 0.0833. The van der Waals surface area contributed by atoms with E-state index in [-0.39, 0.29) is 11.5 Å². The molecule has 0 bridgehead atoms. The summed E-state index contributed by atoms with van der Waals surface area (Å²) in [6.45, 7) is 1.35. The van der Waals surface area contributed by atoms with Crippen LogP contribution in [0.25, 0.3) is 0 Å². The molecule has 1 aromatic carbocycles. The average Bonchev–Trinajstić information content (AvgIpc) is 2.36. The maximum atomic E-state index is 11.8. The van der Waals surface area contributed by atoms with Crippen LogP contribution >= 0.6 is 23.2 Å². The molecule has 0 aliphatic rings. The molecule has 0 aromatic heterocycles. The highest BCUT2D eigenvalue weighted by Gasteiger charge is 2.18. The minimum Gasteiger partial charge on any atom is -0.477 e. The second-order valence-corrected chi connectivity index (χ2v) is 4.28. The van der Waals surface area contributed by atoms with Crippen LogP contribution in [-0.4, -0.2) is 22.8 Å². The van der Waals surface area contributed by atoms with Gasteiger partial charge in [-0.1, -0.05) is 23.2 Å². The summed E-state index contributed by atoms with van der Waals surface area (Å²) in [6, 6.07) is 5.80. The Hall–Kier alpha value is -1.85. The Balaban J connectivity index is 2.99. The molecular formula is C12H9Cl2NO4. The number of hydrogen-bond donors (Lipinski definition) is 2. The number of carboxylic acids is 1. The molecule has 0 unspecified atom stereocenters. The molecule has 0 radical (unpaired) electrons. The van der Waals surface area contributed by atoms with Gasteiger partial charge in [0.25, 0.3) is 0 Å². The van der Waals surface area contributed by atoms with Crippen molar-refractivity contribution in [1.82, 2.24) is 0 Å². The lowest BCUT2D eigenvalue weighted by Crippen LogP contribution is -2.07. The monoisotopic (exact) mass is 301 g/mol. The third kappa shape index (κ3) is 4.08. The summed E-state index contributed by atoms with van der Waals surface area (Å²) in [5.41, 5.74) is 0.673. The van der Waals surface area contributed by atoms with Crippen LogP contribution in [0.4, 0.5) is 5.69 Å². The lowest BCUT2D eigenvalue weighted by Gasteiger charge is -2.04. The Morgan fingerprint density at radius 1 is 1.05 bits per heavy atom.